The second-order valence-corrected chi connectivity index (χ2v) is 6.92. The normalized spacial score (nSPS) is 33.3. The molecule has 0 aromatic heterocycles. The molecule has 2 heterocycles. The van der Waals surface area contributed by atoms with Crippen molar-refractivity contribution in [3.8, 4) is 5.75 Å². The van der Waals surface area contributed by atoms with E-state index >= 15 is 0 Å². The van der Waals surface area contributed by atoms with Crippen LogP contribution in [0, 0.1) is 23.6 Å². The summed E-state index contributed by atoms with van der Waals surface area (Å²) in [6.07, 6.45) is 1.30. The molecule has 0 spiro atoms. The summed E-state index contributed by atoms with van der Waals surface area (Å²) in [5.74, 6) is 1.75. The van der Waals surface area contributed by atoms with Crippen LogP contribution in [0.15, 0.2) is 18.2 Å². The van der Waals surface area contributed by atoms with E-state index in [1.807, 2.05) is 6.07 Å². The average Bonchev–Trinajstić information content (AvgIpc) is 2.41. The maximum atomic E-state index is 13.7. The molecule has 4 unspecified atom stereocenters. The van der Waals surface area contributed by atoms with Crippen molar-refractivity contribution < 1.29 is 9.13 Å². The smallest absolute Gasteiger partial charge is 0.165 e. The highest BCUT2D eigenvalue weighted by Gasteiger charge is 2.32. The van der Waals surface area contributed by atoms with E-state index in [1.165, 1.54) is 12.5 Å². The zero-order valence-corrected chi connectivity index (χ0v) is 12.9. The van der Waals surface area contributed by atoms with Crippen molar-refractivity contribution in [1.29, 1.82) is 0 Å². The van der Waals surface area contributed by atoms with Crippen LogP contribution in [0.25, 0.3) is 0 Å². The number of fused-ring (bicyclic) bond motifs is 1. The lowest BCUT2D eigenvalue weighted by atomic mass is 9.88. The number of benzene rings is 1. The van der Waals surface area contributed by atoms with Gasteiger partial charge in [-0.3, -0.25) is 0 Å². The first-order valence-electron chi connectivity index (χ1n) is 7.93. The predicted octanol–water partition coefficient (Wildman–Crippen LogP) is 2.81. The van der Waals surface area contributed by atoms with E-state index in [9.17, 15) is 4.39 Å². The van der Waals surface area contributed by atoms with Gasteiger partial charge in [0.2, 0.25) is 0 Å². The molecule has 3 rings (SSSR count). The third-order valence-electron chi connectivity index (χ3n) is 4.74. The van der Waals surface area contributed by atoms with E-state index < -0.39 is 0 Å². The fraction of sp³-hybridized carbons (Fsp3) is 0.647. The van der Waals surface area contributed by atoms with Crippen LogP contribution >= 0.6 is 0 Å². The van der Waals surface area contributed by atoms with Gasteiger partial charge in [0, 0.05) is 37.2 Å². The van der Waals surface area contributed by atoms with Crippen molar-refractivity contribution in [1.82, 2.24) is 4.90 Å². The largest absolute Gasteiger partial charge is 0.490 e. The second kappa shape index (κ2) is 5.93. The molecule has 21 heavy (non-hydrogen) atoms. The van der Waals surface area contributed by atoms with Gasteiger partial charge in [-0.1, -0.05) is 26.0 Å². The van der Waals surface area contributed by atoms with Crippen LogP contribution < -0.4 is 10.5 Å². The number of hydrogen-bond donors (Lipinski definition) is 1. The highest BCUT2D eigenvalue weighted by Crippen LogP contribution is 2.36. The van der Waals surface area contributed by atoms with Crippen LogP contribution in [0.2, 0.25) is 0 Å². The molecule has 116 valence electrons. The van der Waals surface area contributed by atoms with Gasteiger partial charge in [0.05, 0.1) is 6.61 Å². The summed E-state index contributed by atoms with van der Waals surface area (Å²) in [4.78, 5) is 2.50. The molecule has 1 saturated heterocycles. The molecule has 2 aliphatic heterocycles. The molecule has 0 saturated carbocycles. The number of piperidine rings is 1. The summed E-state index contributed by atoms with van der Waals surface area (Å²) in [6, 6.07) is 4.89. The van der Waals surface area contributed by atoms with Crippen molar-refractivity contribution in [2.45, 2.75) is 26.3 Å². The first-order chi connectivity index (χ1) is 10.0. The maximum Gasteiger partial charge on any atom is 0.165 e. The van der Waals surface area contributed by atoms with E-state index in [-0.39, 0.29) is 17.8 Å². The number of rotatable bonds is 2. The molecule has 0 radical (unpaired) electrons. The van der Waals surface area contributed by atoms with Gasteiger partial charge < -0.3 is 15.4 Å². The van der Waals surface area contributed by atoms with Crippen molar-refractivity contribution in [2.75, 3.05) is 26.2 Å². The van der Waals surface area contributed by atoms with Gasteiger partial charge in [-0.2, -0.15) is 0 Å². The lowest BCUT2D eigenvalue weighted by Gasteiger charge is -2.39. The van der Waals surface area contributed by atoms with Crippen molar-refractivity contribution >= 4 is 0 Å². The zero-order valence-electron chi connectivity index (χ0n) is 12.9. The van der Waals surface area contributed by atoms with Gasteiger partial charge in [0.15, 0.2) is 11.6 Å². The monoisotopic (exact) mass is 292 g/mol. The Labute approximate surface area is 126 Å². The third-order valence-corrected chi connectivity index (χ3v) is 4.74. The highest BCUT2D eigenvalue weighted by atomic mass is 19.1. The summed E-state index contributed by atoms with van der Waals surface area (Å²) >= 11 is 0. The van der Waals surface area contributed by atoms with Crippen molar-refractivity contribution in [3.63, 3.8) is 0 Å². The van der Waals surface area contributed by atoms with Gasteiger partial charge in [-0.15, -0.1) is 0 Å². The first kappa shape index (κ1) is 14.8. The van der Waals surface area contributed by atoms with Gasteiger partial charge in [0.25, 0.3) is 0 Å². The van der Waals surface area contributed by atoms with Gasteiger partial charge in [-0.05, 0) is 24.3 Å². The van der Waals surface area contributed by atoms with E-state index in [2.05, 4.69) is 18.7 Å². The minimum absolute atomic E-state index is 0.142. The predicted molar refractivity (Wildman–Crippen MR) is 81.7 cm³/mol. The molecule has 4 heteroatoms. The minimum Gasteiger partial charge on any atom is -0.490 e. The minimum atomic E-state index is -0.304. The van der Waals surface area contributed by atoms with E-state index in [4.69, 9.17) is 10.5 Å². The molecular weight excluding hydrogens is 267 g/mol. The fourth-order valence-electron chi connectivity index (χ4n) is 3.93. The van der Waals surface area contributed by atoms with Crippen LogP contribution in [0.1, 0.15) is 31.9 Å². The summed E-state index contributed by atoms with van der Waals surface area (Å²) in [6.45, 7) is 8.32. The number of halogens is 1. The van der Waals surface area contributed by atoms with E-state index in [0.717, 1.165) is 37.0 Å². The Morgan fingerprint density at radius 1 is 1.29 bits per heavy atom. The molecule has 3 nitrogen and oxygen atoms in total. The Morgan fingerprint density at radius 3 is 2.71 bits per heavy atom. The molecular formula is C17H25FN2O. The summed E-state index contributed by atoms with van der Waals surface area (Å²) in [5.41, 5.74) is 7.18. The maximum absolute atomic E-state index is 13.7. The molecule has 1 aromatic carbocycles. The first-order valence-corrected chi connectivity index (χ1v) is 7.93. The topological polar surface area (TPSA) is 38.5 Å². The van der Waals surface area contributed by atoms with Crippen molar-refractivity contribution in [3.05, 3.63) is 29.6 Å². The summed E-state index contributed by atoms with van der Waals surface area (Å²) in [7, 11) is 0. The number of likely N-dealkylation sites (tertiary alicyclic amines) is 1. The van der Waals surface area contributed by atoms with Gasteiger partial charge >= 0.3 is 0 Å². The second-order valence-electron chi connectivity index (χ2n) is 6.92. The number of ether oxygens (including phenoxy) is 1. The lowest BCUT2D eigenvalue weighted by Crippen LogP contribution is -2.45. The quantitative estimate of drug-likeness (QED) is 0.911. The molecule has 4 atom stereocenters. The van der Waals surface area contributed by atoms with Crippen LogP contribution in [0.3, 0.4) is 0 Å². The number of para-hydroxylation sites is 1. The summed E-state index contributed by atoms with van der Waals surface area (Å²) in [5, 5.41) is 0. The van der Waals surface area contributed by atoms with Crippen LogP contribution in [0.5, 0.6) is 5.75 Å². The molecule has 0 bridgehead atoms. The fourth-order valence-corrected chi connectivity index (χ4v) is 3.93. The van der Waals surface area contributed by atoms with E-state index in [0.29, 0.717) is 12.4 Å². The van der Waals surface area contributed by atoms with E-state index in [1.54, 1.807) is 6.07 Å². The summed E-state index contributed by atoms with van der Waals surface area (Å²) < 4.78 is 19.4. The molecule has 1 fully saturated rings. The number of nitrogens with zero attached hydrogens (tertiary/aromatic N) is 1. The third kappa shape index (κ3) is 3.06. The van der Waals surface area contributed by atoms with Crippen LogP contribution in [0.4, 0.5) is 4.39 Å². The molecule has 2 N–H and O–H groups in total. The standard InChI is InChI=1S/C17H25FN2O/c1-11-6-12(2)8-20(7-11)9-13-10-21-17-14(16(13)19)4-3-5-15(17)18/h3-5,11-13,16H,6-10,19H2,1-2H3. The SMILES string of the molecule is CC1CC(C)CN(CC2COc3c(F)cccc3C2N)C1. The highest BCUT2D eigenvalue weighted by molar-refractivity contribution is 5.39. The van der Waals surface area contributed by atoms with Gasteiger partial charge in [0.1, 0.15) is 0 Å². The lowest BCUT2D eigenvalue weighted by molar-refractivity contribution is 0.0867. The molecule has 0 aliphatic carbocycles. The Balaban J connectivity index is 1.70. The van der Waals surface area contributed by atoms with Crippen LogP contribution in [-0.2, 0) is 0 Å². The zero-order chi connectivity index (χ0) is 15.0. The number of nitrogens with two attached hydrogens (primary N) is 1. The Hall–Kier alpha value is -1.13. The molecule has 0 amide bonds. The molecule has 2 aliphatic rings. The number of hydrogen-bond acceptors (Lipinski definition) is 3. The molecule has 1 aromatic rings. The Bertz CT molecular complexity index is 498. The van der Waals surface area contributed by atoms with Crippen molar-refractivity contribution in [2.24, 2.45) is 23.5 Å². The Kier molecular flexibility index (Phi) is 4.18. The van der Waals surface area contributed by atoms with Gasteiger partial charge in [-0.25, -0.2) is 4.39 Å². The average molecular weight is 292 g/mol. The van der Waals surface area contributed by atoms with Crippen LogP contribution in [-0.4, -0.2) is 31.1 Å². The Morgan fingerprint density at radius 2 is 2.00 bits per heavy atom.